The van der Waals surface area contributed by atoms with Crippen LogP contribution < -0.4 is 5.63 Å². The standard InChI is InChI=1S/C23H16O2/c24-23-20(16-15-17-9-3-1-4-10-17)22(18-11-5-2-6-12-18)19-13-7-8-14-21(19)25-23/h1-16H/b16-15+. The van der Waals surface area contributed by atoms with Gasteiger partial charge in [0.1, 0.15) is 5.58 Å². The molecule has 120 valence electrons. The lowest BCUT2D eigenvalue weighted by Crippen LogP contribution is -2.06. The molecule has 4 aromatic rings. The summed E-state index contributed by atoms with van der Waals surface area (Å²) in [5.74, 6) is 0. The van der Waals surface area contributed by atoms with Gasteiger partial charge in [-0.15, -0.1) is 0 Å². The van der Waals surface area contributed by atoms with Crippen LogP contribution in [-0.4, -0.2) is 0 Å². The van der Waals surface area contributed by atoms with Gasteiger partial charge in [-0.25, -0.2) is 4.79 Å². The van der Waals surface area contributed by atoms with Crippen LogP contribution in [0.5, 0.6) is 0 Å². The van der Waals surface area contributed by atoms with E-state index in [9.17, 15) is 4.79 Å². The number of benzene rings is 3. The summed E-state index contributed by atoms with van der Waals surface area (Å²) in [6, 6.07) is 27.5. The molecule has 0 radical (unpaired) electrons. The van der Waals surface area contributed by atoms with E-state index in [1.165, 1.54) is 0 Å². The Labute approximate surface area is 145 Å². The van der Waals surface area contributed by atoms with Crippen LogP contribution in [0, 0.1) is 0 Å². The molecular weight excluding hydrogens is 308 g/mol. The Bertz CT molecular complexity index is 1090. The van der Waals surface area contributed by atoms with Gasteiger partial charge >= 0.3 is 5.63 Å². The summed E-state index contributed by atoms with van der Waals surface area (Å²) in [6.07, 6.45) is 3.78. The molecule has 0 unspecified atom stereocenters. The van der Waals surface area contributed by atoms with Crippen LogP contribution >= 0.6 is 0 Å². The Balaban J connectivity index is 1.99. The van der Waals surface area contributed by atoms with Gasteiger partial charge in [0.25, 0.3) is 0 Å². The summed E-state index contributed by atoms with van der Waals surface area (Å²) < 4.78 is 5.54. The highest BCUT2D eigenvalue weighted by Crippen LogP contribution is 2.31. The van der Waals surface area contributed by atoms with E-state index in [2.05, 4.69) is 0 Å². The van der Waals surface area contributed by atoms with Crippen molar-refractivity contribution in [1.29, 1.82) is 0 Å². The van der Waals surface area contributed by atoms with E-state index in [1.807, 2.05) is 97.1 Å². The summed E-state index contributed by atoms with van der Waals surface area (Å²) in [7, 11) is 0. The second-order valence-corrected chi connectivity index (χ2v) is 5.78. The molecule has 0 aliphatic rings. The minimum Gasteiger partial charge on any atom is -0.422 e. The quantitative estimate of drug-likeness (QED) is 0.457. The molecule has 0 spiro atoms. The molecule has 0 saturated heterocycles. The van der Waals surface area contributed by atoms with Gasteiger partial charge < -0.3 is 4.42 Å². The largest absolute Gasteiger partial charge is 0.422 e. The number of para-hydroxylation sites is 1. The van der Waals surface area contributed by atoms with Gasteiger partial charge in [-0.2, -0.15) is 0 Å². The van der Waals surface area contributed by atoms with Crippen molar-refractivity contribution < 1.29 is 4.42 Å². The van der Waals surface area contributed by atoms with Crippen molar-refractivity contribution >= 4 is 23.1 Å². The molecule has 0 bridgehead atoms. The average molecular weight is 324 g/mol. The smallest absolute Gasteiger partial charge is 0.344 e. The first-order valence-electron chi connectivity index (χ1n) is 8.17. The van der Waals surface area contributed by atoms with Crippen molar-refractivity contribution in [2.24, 2.45) is 0 Å². The van der Waals surface area contributed by atoms with Crippen molar-refractivity contribution in [3.8, 4) is 11.1 Å². The molecule has 4 rings (SSSR count). The second kappa shape index (κ2) is 6.62. The lowest BCUT2D eigenvalue weighted by Gasteiger charge is -2.09. The first-order chi connectivity index (χ1) is 12.3. The minimum absolute atomic E-state index is 0.329. The fraction of sp³-hybridized carbons (Fsp3) is 0. The summed E-state index contributed by atoms with van der Waals surface area (Å²) in [6.45, 7) is 0. The Hall–Kier alpha value is -3.39. The molecule has 0 fully saturated rings. The monoisotopic (exact) mass is 324 g/mol. The highest BCUT2D eigenvalue weighted by molar-refractivity contribution is 5.98. The summed E-state index contributed by atoms with van der Waals surface area (Å²) >= 11 is 0. The predicted molar refractivity (Wildman–Crippen MR) is 103 cm³/mol. The topological polar surface area (TPSA) is 30.2 Å². The zero-order chi connectivity index (χ0) is 17.1. The fourth-order valence-electron chi connectivity index (χ4n) is 2.98. The lowest BCUT2D eigenvalue weighted by atomic mass is 9.96. The molecule has 0 aliphatic heterocycles. The summed E-state index contributed by atoms with van der Waals surface area (Å²) in [5, 5.41) is 0.931. The zero-order valence-corrected chi connectivity index (χ0v) is 13.6. The number of rotatable bonds is 3. The molecule has 2 heteroatoms. The molecule has 25 heavy (non-hydrogen) atoms. The van der Waals surface area contributed by atoms with Crippen LogP contribution in [0.4, 0.5) is 0 Å². The molecule has 0 amide bonds. The van der Waals surface area contributed by atoms with Crippen LogP contribution in [0.3, 0.4) is 0 Å². The van der Waals surface area contributed by atoms with Gasteiger partial charge in [0.2, 0.25) is 0 Å². The minimum atomic E-state index is -0.329. The maximum absolute atomic E-state index is 12.6. The van der Waals surface area contributed by atoms with Gasteiger partial charge in [0.15, 0.2) is 0 Å². The average Bonchev–Trinajstić information content (AvgIpc) is 2.67. The van der Waals surface area contributed by atoms with Crippen LogP contribution in [0.2, 0.25) is 0 Å². The third-order valence-electron chi connectivity index (χ3n) is 4.15. The van der Waals surface area contributed by atoms with E-state index in [0.29, 0.717) is 11.1 Å². The molecule has 2 nitrogen and oxygen atoms in total. The van der Waals surface area contributed by atoms with E-state index in [1.54, 1.807) is 0 Å². The van der Waals surface area contributed by atoms with E-state index < -0.39 is 0 Å². The molecule has 1 aromatic heterocycles. The Morgan fingerprint density at radius 2 is 1.32 bits per heavy atom. The van der Waals surface area contributed by atoms with Crippen LogP contribution in [0.1, 0.15) is 11.1 Å². The van der Waals surface area contributed by atoms with Gasteiger partial charge in [-0.1, -0.05) is 84.9 Å². The summed E-state index contributed by atoms with van der Waals surface area (Å²) in [4.78, 5) is 12.6. The number of hydrogen-bond acceptors (Lipinski definition) is 2. The Morgan fingerprint density at radius 1 is 0.680 bits per heavy atom. The molecule has 0 N–H and O–H groups in total. The van der Waals surface area contributed by atoms with Gasteiger partial charge in [0.05, 0.1) is 5.56 Å². The van der Waals surface area contributed by atoms with Crippen molar-refractivity contribution in [2.75, 3.05) is 0 Å². The molecule has 0 atom stereocenters. The first kappa shape index (κ1) is 15.2. The van der Waals surface area contributed by atoms with E-state index in [0.717, 1.165) is 22.1 Å². The molecule has 0 aliphatic carbocycles. The normalized spacial score (nSPS) is 11.2. The third-order valence-corrected chi connectivity index (χ3v) is 4.15. The third kappa shape index (κ3) is 3.02. The fourth-order valence-corrected chi connectivity index (χ4v) is 2.98. The van der Waals surface area contributed by atoms with E-state index in [4.69, 9.17) is 4.42 Å². The molecular formula is C23H16O2. The molecule has 1 heterocycles. The lowest BCUT2D eigenvalue weighted by molar-refractivity contribution is 0.560. The maximum Gasteiger partial charge on any atom is 0.344 e. The summed E-state index contributed by atoms with van der Waals surface area (Å²) in [5.41, 5.74) is 3.77. The van der Waals surface area contributed by atoms with Crippen LogP contribution in [0.25, 0.3) is 34.2 Å². The number of hydrogen-bond donors (Lipinski definition) is 0. The van der Waals surface area contributed by atoms with Gasteiger partial charge in [-0.05, 0) is 23.3 Å². The Kier molecular flexibility index (Phi) is 4.01. The first-order valence-corrected chi connectivity index (χ1v) is 8.17. The van der Waals surface area contributed by atoms with Gasteiger partial charge in [-0.3, -0.25) is 0 Å². The van der Waals surface area contributed by atoms with Crippen molar-refractivity contribution in [3.05, 3.63) is 106 Å². The Morgan fingerprint density at radius 3 is 2.08 bits per heavy atom. The van der Waals surface area contributed by atoms with Crippen LogP contribution in [0.15, 0.2) is 94.1 Å². The van der Waals surface area contributed by atoms with Crippen LogP contribution in [-0.2, 0) is 0 Å². The maximum atomic E-state index is 12.6. The van der Waals surface area contributed by atoms with E-state index in [-0.39, 0.29) is 5.63 Å². The molecule has 3 aromatic carbocycles. The predicted octanol–water partition coefficient (Wildman–Crippen LogP) is 5.63. The highest BCUT2D eigenvalue weighted by atomic mass is 16.4. The highest BCUT2D eigenvalue weighted by Gasteiger charge is 2.13. The van der Waals surface area contributed by atoms with Crippen molar-refractivity contribution in [1.82, 2.24) is 0 Å². The van der Waals surface area contributed by atoms with Gasteiger partial charge in [0, 0.05) is 10.9 Å². The van der Waals surface area contributed by atoms with Crippen molar-refractivity contribution in [2.45, 2.75) is 0 Å². The second-order valence-electron chi connectivity index (χ2n) is 5.78. The zero-order valence-electron chi connectivity index (χ0n) is 13.6. The van der Waals surface area contributed by atoms with Crippen molar-refractivity contribution in [3.63, 3.8) is 0 Å². The SMILES string of the molecule is O=c1oc2ccccc2c(-c2ccccc2)c1/C=C/c1ccccc1. The van der Waals surface area contributed by atoms with E-state index >= 15 is 0 Å². The number of fused-ring (bicyclic) bond motifs is 1. The molecule has 0 saturated carbocycles.